The minimum absolute atomic E-state index is 0.202. The van der Waals surface area contributed by atoms with Crippen LogP contribution in [0.3, 0.4) is 0 Å². The van der Waals surface area contributed by atoms with E-state index in [0.29, 0.717) is 37.9 Å². The summed E-state index contributed by atoms with van der Waals surface area (Å²) in [5.74, 6) is 1.33. The summed E-state index contributed by atoms with van der Waals surface area (Å²) in [6, 6.07) is 13.3. The van der Waals surface area contributed by atoms with Gasteiger partial charge in [0, 0.05) is 33.4 Å². The van der Waals surface area contributed by atoms with E-state index in [-0.39, 0.29) is 12.1 Å². The molecule has 4 aromatic rings. The standard InChI is InChI=1S/C23H21Cl3N6/c24-13-4-7-17(8-5-13)32-22(18-9-6-14(25)10-19(18)26)31-20-21(28-12-29-23(20)32)30-16-3-1-2-15(27)11-16/h4-10,12,15-16H,1-3,11,27H2,(H,28,29,30). The van der Waals surface area contributed by atoms with E-state index in [0.717, 1.165) is 36.9 Å². The largest absolute Gasteiger partial charge is 0.365 e. The zero-order valence-corrected chi connectivity index (χ0v) is 19.4. The van der Waals surface area contributed by atoms with E-state index in [4.69, 9.17) is 45.5 Å². The lowest BCUT2D eigenvalue weighted by atomic mass is 9.92. The first-order valence-corrected chi connectivity index (χ1v) is 11.6. The van der Waals surface area contributed by atoms with Crippen molar-refractivity contribution >= 4 is 51.8 Å². The van der Waals surface area contributed by atoms with Crippen molar-refractivity contribution in [3.63, 3.8) is 0 Å². The van der Waals surface area contributed by atoms with Crippen LogP contribution in [-0.2, 0) is 0 Å². The van der Waals surface area contributed by atoms with Crippen molar-refractivity contribution in [2.24, 2.45) is 5.73 Å². The Morgan fingerprint density at radius 1 is 0.969 bits per heavy atom. The molecule has 0 bridgehead atoms. The molecule has 9 heteroatoms. The topological polar surface area (TPSA) is 81.7 Å². The van der Waals surface area contributed by atoms with E-state index >= 15 is 0 Å². The van der Waals surface area contributed by atoms with E-state index in [1.807, 2.05) is 34.9 Å². The van der Waals surface area contributed by atoms with Crippen LogP contribution in [0.4, 0.5) is 5.82 Å². The van der Waals surface area contributed by atoms with E-state index < -0.39 is 0 Å². The van der Waals surface area contributed by atoms with Gasteiger partial charge >= 0.3 is 0 Å². The minimum Gasteiger partial charge on any atom is -0.365 e. The number of fused-ring (bicyclic) bond motifs is 1. The molecular formula is C23H21Cl3N6. The van der Waals surface area contributed by atoms with Gasteiger partial charge in [-0.2, -0.15) is 0 Å². The van der Waals surface area contributed by atoms with Gasteiger partial charge in [0.2, 0.25) is 0 Å². The van der Waals surface area contributed by atoms with Crippen molar-refractivity contribution in [3.8, 4) is 17.1 Å². The number of nitrogens with zero attached hydrogens (tertiary/aromatic N) is 4. The van der Waals surface area contributed by atoms with Crippen LogP contribution in [0.1, 0.15) is 25.7 Å². The highest BCUT2D eigenvalue weighted by atomic mass is 35.5. The van der Waals surface area contributed by atoms with Gasteiger partial charge in [0.05, 0.1) is 5.02 Å². The van der Waals surface area contributed by atoms with Crippen LogP contribution >= 0.6 is 34.8 Å². The predicted octanol–water partition coefficient (Wildman–Crippen LogP) is 6.12. The first-order chi connectivity index (χ1) is 15.5. The SMILES string of the molecule is NC1CCCC(Nc2ncnc3c2nc(-c2ccc(Cl)cc2Cl)n3-c2ccc(Cl)cc2)C1. The number of nitrogens with two attached hydrogens (primary N) is 1. The summed E-state index contributed by atoms with van der Waals surface area (Å²) in [5.41, 5.74) is 9.13. The Morgan fingerprint density at radius 2 is 1.75 bits per heavy atom. The highest BCUT2D eigenvalue weighted by Gasteiger charge is 2.24. The molecule has 2 heterocycles. The average molecular weight is 488 g/mol. The van der Waals surface area contributed by atoms with Crippen molar-refractivity contribution in [2.75, 3.05) is 5.32 Å². The maximum atomic E-state index is 6.56. The summed E-state index contributed by atoms with van der Waals surface area (Å²) in [7, 11) is 0. The number of rotatable bonds is 4. The highest BCUT2D eigenvalue weighted by molar-refractivity contribution is 6.36. The van der Waals surface area contributed by atoms with Gasteiger partial charge in [0.25, 0.3) is 0 Å². The van der Waals surface area contributed by atoms with Gasteiger partial charge in [0.1, 0.15) is 12.2 Å². The van der Waals surface area contributed by atoms with Crippen molar-refractivity contribution in [1.29, 1.82) is 0 Å². The minimum atomic E-state index is 0.202. The molecule has 32 heavy (non-hydrogen) atoms. The lowest BCUT2D eigenvalue weighted by Crippen LogP contribution is -2.35. The lowest BCUT2D eigenvalue weighted by Gasteiger charge is -2.27. The van der Waals surface area contributed by atoms with Gasteiger partial charge in [-0.05, 0) is 68.1 Å². The monoisotopic (exact) mass is 486 g/mol. The molecule has 0 amide bonds. The fourth-order valence-electron chi connectivity index (χ4n) is 4.24. The second-order valence-corrected chi connectivity index (χ2v) is 9.31. The molecule has 0 radical (unpaired) electrons. The van der Waals surface area contributed by atoms with Crippen LogP contribution in [0.15, 0.2) is 48.8 Å². The van der Waals surface area contributed by atoms with Crippen LogP contribution in [-0.4, -0.2) is 31.6 Å². The zero-order valence-electron chi connectivity index (χ0n) is 17.1. The lowest BCUT2D eigenvalue weighted by molar-refractivity contribution is 0.409. The Balaban J connectivity index is 1.69. The van der Waals surface area contributed by atoms with Crippen molar-refractivity contribution in [1.82, 2.24) is 19.5 Å². The summed E-state index contributed by atoms with van der Waals surface area (Å²) in [4.78, 5) is 14.0. The van der Waals surface area contributed by atoms with Crippen LogP contribution < -0.4 is 11.1 Å². The fourth-order valence-corrected chi connectivity index (χ4v) is 4.86. The van der Waals surface area contributed by atoms with Crippen molar-refractivity contribution < 1.29 is 0 Å². The second kappa shape index (κ2) is 8.87. The Bertz CT molecular complexity index is 1270. The molecule has 6 nitrogen and oxygen atoms in total. The smallest absolute Gasteiger partial charge is 0.170 e. The third-order valence-electron chi connectivity index (χ3n) is 5.76. The summed E-state index contributed by atoms with van der Waals surface area (Å²) in [6.07, 6.45) is 5.65. The molecule has 5 rings (SSSR count). The maximum absolute atomic E-state index is 6.56. The average Bonchev–Trinajstić information content (AvgIpc) is 3.15. The van der Waals surface area contributed by atoms with Crippen molar-refractivity contribution in [3.05, 3.63) is 63.9 Å². The molecule has 2 atom stereocenters. The van der Waals surface area contributed by atoms with Gasteiger partial charge in [-0.1, -0.05) is 34.8 Å². The number of imidazole rings is 1. The van der Waals surface area contributed by atoms with Gasteiger partial charge in [0.15, 0.2) is 17.0 Å². The molecule has 0 aliphatic heterocycles. The predicted molar refractivity (Wildman–Crippen MR) is 131 cm³/mol. The molecule has 164 valence electrons. The summed E-state index contributed by atoms with van der Waals surface area (Å²) in [5, 5.41) is 5.26. The van der Waals surface area contributed by atoms with Gasteiger partial charge in [-0.3, -0.25) is 4.57 Å². The Morgan fingerprint density at radius 3 is 2.50 bits per heavy atom. The maximum Gasteiger partial charge on any atom is 0.170 e. The normalized spacial score (nSPS) is 18.8. The van der Waals surface area contributed by atoms with Crippen LogP contribution in [0.25, 0.3) is 28.2 Å². The second-order valence-electron chi connectivity index (χ2n) is 8.03. The number of halogens is 3. The fraction of sp³-hybridized carbons (Fsp3) is 0.261. The van der Waals surface area contributed by atoms with Crippen molar-refractivity contribution in [2.45, 2.75) is 37.8 Å². The third-order valence-corrected chi connectivity index (χ3v) is 6.56. The molecule has 3 N–H and O–H groups in total. The van der Waals surface area contributed by atoms with Gasteiger partial charge < -0.3 is 11.1 Å². The quantitative estimate of drug-likeness (QED) is 0.362. The number of anilines is 1. The molecule has 1 saturated carbocycles. The number of hydrogen-bond acceptors (Lipinski definition) is 5. The van der Waals surface area contributed by atoms with Crippen LogP contribution in [0.5, 0.6) is 0 Å². The molecule has 1 fully saturated rings. The number of aromatic nitrogens is 4. The molecule has 2 aromatic heterocycles. The summed E-state index contributed by atoms with van der Waals surface area (Å²) in [6.45, 7) is 0. The third kappa shape index (κ3) is 4.16. The molecule has 1 aliphatic carbocycles. The Kier molecular flexibility index (Phi) is 5.95. The molecule has 1 aliphatic rings. The number of nitrogens with one attached hydrogen (secondary N) is 1. The molecule has 2 unspecified atom stereocenters. The van der Waals surface area contributed by atoms with Crippen LogP contribution in [0, 0.1) is 0 Å². The Hall–Kier alpha value is -2.38. The molecule has 0 saturated heterocycles. The van der Waals surface area contributed by atoms with Gasteiger partial charge in [-0.15, -0.1) is 0 Å². The van der Waals surface area contributed by atoms with E-state index in [9.17, 15) is 0 Å². The summed E-state index contributed by atoms with van der Waals surface area (Å²) >= 11 is 18.8. The van der Waals surface area contributed by atoms with E-state index in [2.05, 4.69) is 15.3 Å². The first kappa shape index (κ1) is 21.5. The highest BCUT2D eigenvalue weighted by Crippen LogP contribution is 2.35. The number of benzene rings is 2. The zero-order chi connectivity index (χ0) is 22.2. The molecular weight excluding hydrogens is 467 g/mol. The molecule has 0 spiro atoms. The van der Waals surface area contributed by atoms with Crippen LogP contribution in [0.2, 0.25) is 15.1 Å². The summed E-state index contributed by atoms with van der Waals surface area (Å²) < 4.78 is 1.96. The van der Waals surface area contributed by atoms with E-state index in [1.165, 1.54) is 0 Å². The number of hydrogen-bond donors (Lipinski definition) is 2. The van der Waals surface area contributed by atoms with Gasteiger partial charge in [-0.25, -0.2) is 15.0 Å². The first-order valence-electron chi connectivity index (χ1n) is 10.5. The van der Waals surface area contributed by atoms with E-state index in [1.54, 1.807) is 18.5 Å². The Labute approximate surface area is 200 Å². The molecule has 2 aromatic carbocycles.